The van der Waals surface area contributed by atoms with Gasteiger partial charge in [-0.05, 0) is 23.8 Å². The monoisotopic (exact) mass is 278 g/mol. The first kappa shape index (κ1) is 13.2. The molecule has 2 amide bonds. The van der Waals surface area contributed by atoms with Crippen LogP contribution >= 0.6 is 11.3 Å². The van der Waals surface area contributed by atoms with Gasteiger partial charge in [-0.3, -0.25) is 9.59 Å². The number of carbonyl (C=O) groups is 2. The molecular weight excluding hydrogens is 267 g/mol. The number of hydrogen-bond donors (Lipinski definition) is 2. The van der Waals surface area contributed by atoms with Crippen LogP contribution in [0.25, 0.3) is 10.4 Å². The number of amides is 2. The second-order valence-electron chi connectivity index (χ2n) is 3.91. The van der Waals surface area contributed by atoms with Crippen LogP contribution < -0.4 is 11.1 Å². The van der Waals surface area contributed by atoms with Gasteiger partial charge in [-0.15, -0.1) is 11.3 Å². The second-order valence-corrected chi connectivity index (χ2v) is 4.96. The number of rotatable bonds is 3. The number of primary amides is 1. The summed E-state index contributed by atoms with van der Waals surface area (Å²) in [6, 6.07) is 7.51. The van der Waals surface area contributed by atoms with Crippen LogP contribution in [-0.4, -0.2) is 11.8 Å². The van der Waals surface area contributed by atoms with Crippen molar-refractivity contribution in [3.05, 3.63) is 41.0 Å². The van der Waals surface area contributed by atoms with E-state index in [1.807, 2.05) is 0 Å². The molecule has 3 N–H and O–H groups in total. The van der Waals surface area contributed by atoms with E-state index in [1.165, 1.54) is 19.1 Å². The lowest BCUT2D eigenvalue weighted by Gasteiger charge is -1.99. The number of nitrogens with two attached hydrogens (primary N) is 1. The van der Waals surface area contributed by atoms with Gasteiger partial charge >= 0.3 is 0 Å². The summed E-state index contributed by atoms with van der Waals surface area (Å²) < 4.78 is 12.9. The van der Waals surface area contributed by atoms with Crippen molar-refractivity contribution in [2.24, 2.45) is 5.73 Å². The molecule has 0 fully saturated rings. The normalized spacial score (nSPS) is 10.2. The van der Waals surface area contributed by atoms with Gasteiger partial charge in [-0.1, -0.05) is 12.1 Å². The third-order valence-corrected chi connectivity index (χ3v) is 3.59. The Morgan fingerprint density at radius 2 is 1.89 bits per heavy atom. The zero-order valence-corrected chi connectivity index (χ0v) is 10.9. The highest BCUT2D eigenvalue weighted by atomic mass is 32.1. The number of thiophene rings is 1. The SMILES string of the molecule is CC(=O)Nc1cc(-c2ccc(F)cc2)sc1C(N)=O. The Labute approximate surface area is 113 Å². The summed E-state index contributed by atoms with van der Waals surface area (Å²) in [6.07, 6.45) is 0. The molecule has 0 saturated heterocycles. The lowest BCUT2D eigenvalue weighted by Crippen LogP contribution is -2.13. The number of halogens is 1. The molecule has 1 aromatic heterocycles. The minimum atomic E-state index is -0.609. The molecule has 0 atom stereocenters. The fourth-order valence-electron chi connectivity index (χ4n) is 1.61. The minimum Gasteiger partial charge on any atom is -0.365 e. The van der Waals surface area contributed by atoms with Gasteiger partial charge in [0.1, 0.15) is 10.7 Å². The summed E-state index contributed by atoms with van der Waals surface area (Å²) in [4.78, 5) is 23.4. The molecule has 0 unspecified atom stereocenters. The van der Waals surface area contributed by atoms with Gasteiger partial charge in [0.05, 0.1) is 5.69 Å². The maximum absolute atomic E-state index is 12.9. The van der Waals surface area contributed by atoms with Crippen molar-refractivity contribution in [2.45, 2.75) is 6.92 Å². The Morgan fingerprint density at radius 3 is 2.42 bits per heavy atom. The number of nitrogens with one attached hydrogen (secondary N) is 1. The third-order valence-electron chi connectivity index (χ3n) is 2.40. The van der Waals surface area contributed by atoms with Crippen LogP contribution in [0.1, 0.15) is 16.6 Å². The molecule has 0 radical (unpaired) electrons. The van der Waals surface area contributed by atoms with E-state index < -0.39 is 5.91 Å². The van der Waals surface area contributed by atoms with Crippen molar-refractivity contribution in [2.75, 3.05) is 5.32 Å². The van der Waals surface area contributed by atoms with Crippen LogP contribution in [0.15, 0.2) is 30.3 Å². The topological polar surface area (TPSA) is 72.2 Å². The van der Waals surface area contributed by atoms with Gasteiger partial charge in [0.15, 0.2) is 0 Å². The smallest absolute Gasteiger partial charge is 0.260 e. The summed E-state index contributed by atoms with van der Waals surface area (Å²) in [5.41, 5.74) is 6.40. The molecule has 4 nitrogen and oxygen atoms in total. The summed E-state index contributed by atoms with van der Waals surface area (Å²) >= 11 is 1.16. The molecule has 2 aromatic rings. The molecule has 1 heterocycles. The van der Waals surface area contributed by atoms with Crippen molar-refractivity contribution in [1.82, 2.24) is 0 Å². The van der Waals surface area contributed by atoms with Crippen molar-refractivity contribution in [1.29, 1.82) is 0 Å². The van der Waals surface area contributed by atoms with Crippen LogP contribution in [0.5, 0.6) is 0 Å². The zero-order chi connectivity index (χ0) is 14.0. The maximum atomic E-state index is 12.9. The fraction of sp³-hybridized carbons (Fsp3) is 0.0769. The van der Waals surface area contributed by atoms with Gasteiger partial charge in [-0.25, -0.2) is 4.39 Å². The highest BCUT2D eigenvalue weighted by molar-refractivity contribution is 7.18. The number of anilines is 1. The molecule has 98 valence electrons. The average molecular weight is 278 g/mol. The largest absolute Gasteiger partial charge is 0.365 e. The van der Waals surface area contributed by atoms with Crippen molar-refractivity contribution in [3.63, 3.8) is 0 Å². The van der Waals surface area contributed by atoms with Gasteiger partial charge in [0.25, 0.3) is 5.91 Å². The first-order valence-electron chi connectivity index (χ1n) is 5.44. The quantitative estimate of drug-likeness (QED) is 0.905. The van der Waals surface area contributed by atoms with E-state index >= 15 is 0 Å². The predicted octanol–water partition coefficient (Wildman–Crippen LogP) is 2.61. The van der Waals surface area contributed by atoms with Gasteiger partial charge in [0, 0.05) is 11.8 Å². The van der Waals surface area contributed by atoms with Gasteiger partial charge in [0.2, 0.25) is 5.91 Å². The minimum absolute atomic E-state index is 0.273. The van der Waals surface area contributed by atoms with E-state index in [0.717, 1.165) is 21.8 Å². The number of carbonyl (C=O) groups excluding carboxylic acids is 2. The third kappa shape index (κ3) is 2.97. The second kappa shape index (κ2) is 5.19. The van der Waals surface area contributed by atoms with E-state index in [-0.39, 0.29) is 16.6 Å². The first-order chi connectivity index (χ1) is 8.97. The number of hydrogen-bond acceptors (Lipinski definition) is 3. The Hall–Kier alpha value is -2.21. The van der Waals surface area contributed by atoms with E-state index in [2.05, 4.69) is 5.32 Å². The molecule has 6 heteroatoms. The van der Waals surface area contributed by atoms with E-state index in [1.54, 1.807) is 18.2 Å². The lowest BCUT2D eigenvalue weighted by molar-refractivity contribution is -0.114. The van der Waals surface area contributed by atoms with Crippen molar-refractivity contribution >= 4 is 28.8 Å². The lowest BCUT2D eigenvalue weighted by atomic mass is 10.2. The summed E-state index contributed by atoms with van der Waals surface area (Å²) in [7, 11) is 0. The molecule has 0 aliphatic heterocycles. The molecule has 0 aliphatic carbocycles. The highest BCUT2D eigenvalue weighted by Gasteiger charge is 2.15. The Morgan fingerprint density at radius 1 is 1.26 bits per heavy atom. The predicted molar refractivity (Wildman–Crippen MR) is 72.5 cm³/mol. The Kier molecular flexibility index (Phi) is 3.62. The van der Waals surface area contributed by atoms with E-state index in [0.29, 0.717) is 5.69 Å². The molecule has 0 bridgehead atoms. The molecule has 2 rings (SSSR count). The number of benzene rings is 1. The summed E-state index contributed by atoms with van der Waals surface area (Å²) in [5, 5.41) is 2.55. The van der Waals surface area contributed by atoms with Crippen LogP contribution in [-0.2, 0) is 4.79 Å². The molecule has 1 aromatic carbocycles. The summed E-state index contributed by atoms with van der Waals surface area (Å²) in [6.45, 7) is 1.35. The van der Waals surface area contributed by atoms with E-state index in [4.69, 9.17) is 5.73 Å². The van der Waals surface area contributed by atoms with Crippen molar-refractivity contribution in [3.8, 4) is 10.4 Å². The highest BCUT2D eigenvalue weighted by Crippen LogP contribution is 2.34. The van der Waals surface area contributed by atoms with Gasteiger partial charge in [-0.2, -0.15) is 0 Å². The maximum Gasteiger partial charge on any atom is 0.260 e. The summed E-state index contributed by atoms with van der Waals surface area (Å²) in [5.74, 6) is -1.23. The van der Waals surface area contributed by atoms with Crippen LogP contribution in [0.3, 0.4) is 0 Å². The standard InChI is InChI=1S/C13H11FN2O2S/c1-7(17)16-10-6-11(19-12(10)13(15)18)8-2-4-9(14)5-3-8/h2-6H,1H3,(H2,15,18)(H,16,17). The molecular formula is C13H11FN2O2S. The molecule has 0 saturated carbocycles. The Bertz CT molecular complexity index is 635. The van der Waals surface area contributed by atoms with E-state index in [9.17, 15) is 14.0 Å². The van der Waals surface area contributed by atoms with Gasteiger partial charge < -0.3 is 11.1 Å². The van der Waals surface area contributed by atoms with Crippen LogP contribution in [0.4, 0.5) is 10.1 Å². The van der Waals surface area contributed by atoms with Crippen molar-refractivity contribution < 1.29 is 14.0 Å². The Balaban J connectivity index is 2.45. The van der Waals surface area contributed by atoms with Crippen LogP contribution in [0.2, 0.25) is 0 Å². The average Bonchev–Trinajstić information content (AvgIpc) is 2.73. The zero-order valence-electron chi connectivity index (χ0n) is 10.1. The fourth-order valence-corrected chi connectivity index (χ4v) is 2.58. The molecule has 19 heavy (non-hydrogen) atoms. The molecule has 0 aliphatic rings. The molecule has 0 spiro atoms. The first-order valence-corrected chi connectivity index (χ1v) is 6.26. The van der Waals surface area contributed by atoms with Crippen LogP contribution in [0, 0.1) is 5.82 Å².